The number of carbonyl (C=O) groups excluding carboxylic acids is 3. The Labute approximate surface area is 152 Å². The molecule has 1 aliphatic heterocycles. The summed E-state index contributed by atoms with van der Waals surface area (Å²) in [4.78, 5) is 38.2. The Morgan fingerprint density at radius 3 is 2.56 bits per heavy atom. The molecule has 2 aliphatic rings. The van der Waals surface area contributed by atoms with Crippen LogP contribution in [0.15, 0.2) is 24.3 Å². The number of hydrogen-bond acceptors (Lipinski definition) is 3. The first-order valence-electron chi connectivity index (χ1n) is 8.88. The van der Waals surface area contributed by atoms with Crippen LogP contribution in [0.3, 0.4) is 0 Å². The van der Waals surface area contributed by atoms with Crippen LogP contribution >= 0.6 is 11.6 Å². The van der Waals surface area contributed by atoms with Crippen molar-refractivity contribution in [3.63, 3.8) is 0 Å². The average Bonchev–Trinajstić information content (AvgIpc) is 3.29. The van der Waals surface area contributed by atoms with Gasteiger partial charge in [-0.05, 0) is 43.4 Å². The lowest BCUT2D eigenvalue weighted by atomic mass is 9.93. The first-order valence-corrected chi connectivity index (χ1v) is 9.26. The molecule has 3 unspecified atom stereocenters. The van der Waals surface area contributed by atoms with E-state index in [-0.39, 0.29) is 29.7 Å². The minimum atomic E-state index is -0.314. The zero-order valence-electron chi connectivity index (χ0n) is 14.1. The van der Waals surface area contributed by atoms with Gasteiger partial charge >= 0.3 is 0 Å². The zero-order chi connectivity index (χ0) is 17.8. The average molecular weight is 363 g/mol. The summed E-state index contributed by atoms with van der Waals surface area (Å²) < 4.78 is 0. The fourth-order valence-corrected chi connectivity index (χ4v) is 4.04. The maximum absolute atomic E-state index is 12.8. The molecule has 0 radical (unpaired) electrons. The molecule has 3 atom stereocenters. The van der Waals surface area contributed by atoms with Crippen molar-refractivity contribution in [2.24, 2.45) is 11.8 Å². The van der Waals surface area contributed by atoms with E-state index in [2.05, 4.69) is 5.32 Å². The molecule has 1 N–H and O–H groups in total. The Hall–Kier alpha value is -1.88. The number of amides is 2. The Balaban J connectivity index is 1.60. The summed E-state index contributed by atoms with van der Waals surface area (Å²) in [6.45, 7) is 1.05. The Morgan fingerprint density at radius 2 is 1.84 bits per heavy atom. The molecule has 0 spiro atoms. The molecule has 0 aromatic heterocycles. The lowest BCUT2D eigenvalue weighted by Crippen LogP contribution is -2.44. The molecule has 0 bridgehead atoms. The summed E-state index contributed by atoms with van der Waals surface area (Å²) in [6.07, 6.45) is 4.76. The molecule has 3 rings (SSSR count). The molecule has 6 heteroatoms. The lowest BCUT2D eigenvalue weighted by molar-refractivity contribution is -0.142. The molecule has 2 fully saturated rings. The summed E-state index contributed by atoms with van der Waals surface area (Å²) in [5, 5.41) is 3.60. The Bertz CT molecular complexity index is 647. The summed E-state index contributed by atoms with van der Waals surface area (Å²) in [7, 11) is 0. The van der Waals surface area contributed by atoms with Gasteiger partial charge in [0, 0.05) is 29.9 Å². The van der Waals surface area contributed by atoms with Crippen LogP contribution in [0.5, 0.6) is 0 Å². The predicted molar refractivity (Wildman–Crippen MR) is 94.9 cm³/mol. The topological polar surface area (TPSA) is 66.5 Å². The van der Waals surface area contributed by atoms with Crippen LogP contribution in [0.2, 0.25) is 5.02 Å². The maximum atomic E-state index is 12.8. The van der Waals surface area contributed by atoms with Gasteiger partial charge in [0.05, 0.1) is 6.04 Å². The minimum Gasteiger partial charge on any atom is -0.352 e. The number of nitrogens with one attached hydrogen (secondary N) is 1. The van der Waals surface area contributed by atoms with E-state index in [9.17, 15) is 14.4 Å². The highest BCUT2D eigenvalue weighted by molar-refractivity contribution is 6.30. The fraction of sp³-hybridized carbons (Fsp3) is 0.526. The molecule has 2 amide bonds. The maximum Gasteiger partial charge on any atom is 0.227 e. The van der Waals surface area contributed by atoms with Crippen LogP contribution in [-0.2, 0) is 20.9 Å². The number of likely N-dealkylation sites (tertiary alicyclic amines) is 1. The molecule has 1 heterocycles. The number of rotatable bonds is 5. The fourth-order valence-electron chi connectivity index (χ4n) is 3.91. The second-order valence-electron chi connectivity index (χ2n) is 6.87. The second kappa shape index (κ2) is 8.00. The number of aldehydes is 1. The van der Waals surface area contributed by atoms with Gasteiger partial charge in [0.2, 0.25) is 11.8 Å². The number of carbonyl (C=O) groups is 3. The van der Waals surface area contributed by atoms with Crippen molar-refractivity contribution in [1.82, 2.24) is 10.2 Å². The smallest absolute Gasteiger partial charge is 0.227 e. The molecule has 5 nitrogen and oxygen atoms in total. The molecule has 134 valence electrons. The van der Waals surface area contributed by atoms with Crippen molar-refractivity contribution >= 4 is 29.7 Å². The summed E-state index contributed by atoms with van der Waals surface area (Å²) in [6, 6.07) is 7.01. The largest absolute Gasteiger partial charge is 0.352 e. The van der Waals surface area contributed by atoms with Crippen molar-refractivity contribution in [3.05, 3.63) is 34.9 Å². The number of nitrogens with zero attached hydrogens (tertiary/aromatic N) is 1. The molecule has 1 saturated heterocycles. The lowest BCUT2D eigenvalue weighted by Gasteiger charge is -2.27. The van der Waals surface area contributed by atoms with Gasteiger partial charge in [0.1, 0.15) is 6.29 Å². The third kappa shape index (κ3) is 4.03. The van der Waals surface area contributed by atoms with Crippen molar-refractivity contribution in [1.29, 1.82) is 0 Å². The predicted octanol–water partition coefficient (Wildman–Crippen LogP) is 2.56. The highest BCUT2D eigenvalue weighted by Crippen LogP contribution is 2.35. The quantitative estimate of drug-likeness (QED) is 0.818. The van der Waals surface area contributed by atoms with Gasteiger partial charge in [-0.1, -0.05) is 30.2 Å². The van der Waals surface area contributed by atoms with E-state index in [0.29, 0.717) is 18.1 Å². The van der Waals surface area contributed by atoms with E-state index in [1.165, 1.54) is 0 Å². The van der Waals surface area contributed by atoms with Crippen LogP contribution < -0.4 is 5.32 Å². The summed E-state index contributed by atoms with van der Waals surface area (Å²) in [5.74, 6) is -0.704. The van der Waals surface area contributed by atoms with Crippen molar-refractivity contribution in [3.8, 4) is 0 Å². The van der Waals surface area contributed by atoms with E-state index < -0.39 is 0 Å². The van der Waals surface area contributed by atoms with Crippen LogP contribution in [0.1, 0.15) is 37.7 Å². The van der Waals surface area contributed by atoms with Crippen molar-refractivity contribution in [2.75, 3.05) is 6.54 Å². The van der Waals surface area contributed by atoms with Gasteiger partial charge in [0.15, 0.2) is 0 Å². The van der Waals surface area contributed by atoms with Gasteiger partial charge in [-0.3, -0.25) is 9.59 Å². The molecule has 1 saturated carbocycles. The van der Waals surface area contributed by atoms with Gasteiger partial charge in [-0.25, -0.2) is 0 Å². The highest BCUT2D eigenvalue weighted by atomic mass is 35.5. The molecular weight excluding hydrogens is 340 g/mol. The standard InChI is InChI=1S/C19H23ClN2O3/c20-14-8-6-13(7-9-14)11-21-18(24)16-4-1-5-17(16)19(25)22-10-2-3-15(22)12-23/h6-9,12,15-17H,1-5,10-11H2,(H,21,24). The molecular formula is C19H23ClN2O3. The minimum absolute atomic E-state index is 0.0289. The van der Waals surface area contributed by atoms with Crippen LogP contribution in [0.25, 0.3) is 0 Å². The van der Waals surface area contributed by atoms with E-state index in [0.717, 1.165) is 44.0 Å². The molecule has 1 aliphatic carbocycles. The van der Waals surface area contributed by atoms with Gasteiger partial charge in [0.25, 0.3) is 0 Å². The number of hydrogen-bond donors (Lipinski definition) is 1. The van der Waals surface area contributed by atoms with E-state index >= 15 is 0 Å². The first kappa shape index (κ1) is 17.9. The number of benzene rings is 1. The SMILES string of the molecule is O=CC1CCCN1C(=O)C1CCCC1C(=O)NCc1ccc(Cl)cc1. The number of halogens is 1. The molecule has 1 aromatic rings. The van der Waals surface area contributed by atoms with Crippen molar-refractivity contribution < 1.29 is 14.4 Å². The van der Waals surface area contributed by atoms with Gasteiger partial charge in [-0.2, -0.15) is 0 Å². The van der Waals surface area contributed by atoms with Gasteiger partial charge in [-0.15, -0.1) is 0 Å². The monoisotopic (exact) mass is 362 g/mol. The van der Waals surface area contributed by atoms with Gasteiger partial charge < -0.3 is 15.0 Å². The van der Waals surface area contributed by atoms with E-state index in [1.807, 2.05) is 12.1 Å². The first-order chi connectivity index (χ1) is 12.1. The van der Waals surface area contributed by atoms with Crippen LogP contribution in [0.4, 0.5) is 0 Å². The summed E-state index contributed by atoms with van der Waals surface area (Å²) in [5.41, 5.74) is 0.971. The van der Waals surface area contributed by atoms with Crippen LogP contribution in [-0.4, -0.2) is 35.6 Å². The third-order valence-corrected chi connectivity index (χ3v) is 5.54. The molecule has 25 heavy (non-hydrogen) atoms. The Kier molecular flexibility index (Phi) is 5.74. The summed E-state index contributed by atoms with van der Waals surface area (Å²) >= 11 is 5.86. The van der Waals surface area contributed by atoms with Crippen LogP contribution in [0, 0.1) is 11.8 Å². The molecule has 1 aromatic carbocycles. The second-order valence-corrected chi connectivity index (χ2v) is 7.30. The zero-order valence-corrected chi connectivity index (χ0v) is 14.9. The Morgan fingerprint density at radius 1 is 1.12 bits per heavy atom. The third-order valence-electron chi connectivity index (χ3n) is 5.29. The highest BCUT2D eigenvalue weighted by Gasteiger charge is 2.42. The van der Waals surface area contributed by atoms with Crippen molar-refractivity contribution in [2.45, 2.75) is 44.7 Å². The normalized spacial score (nSPS) is 25.8. The van der Waals surface area contributed by atoms with E-state index in [1.54, 1.807) is 17.0 Å². The van der Waals surface area contributed by atoms with E-state index in [4.69, 9.17) is 11.6 Å².